The second kappa shape index (κ2) is 6.23. The molecule has 17 heavy (non-hydrogen) atoms. The van der Waals surface area contributed by atoms with Gasteiger partial charge in [-0.25, -0.2) is 0 Å². The molecule has 96 valence electrons. The molecule has 0 saturated heterocycles. The third kappa shape index (κ3) is 5.38. The number of benzene rings is 1. The standard InChI is InChI=1S/C10H11BrF3NO2/c1-16-9-3-2-8(11)4-7(9)5-15-17-6-10(12,13)14/h2-4,15H,5-6H2,1H3. The molecule has 0 heterocycles. The van der Waals surface area contributed by atoms with Crippen LogP contribution in [0.3, 0.4) is 0 Å². The highest BCUT2D eigenvalue weighted by molar-refractivity contribution is 9.10. The molecule has 0 unspecified atom stereocenters. The second-order valence-electron chi connectivity index (χ2n) is 3.18. The van der Waals surface area contributed by atoms with Crippen molar-refractivity contribution in [3.05, 3.63) is 28.2 Å². The summed E-state index contributed by atoms with van der Waals surface area (Å²) in [5.41, 5.74) is 2.94. The predicted molar refractivity (Wildman–Crippen MR) is 59.5 cm³/mol. The lowest BCUT2D eigenvalue weighted by atomic mass is 10.2. The minimum absolute atomic E-state index is 0.124. The average Bonchev–Trinajstić information content (AvgIpc) is 2.23. The maximum absolute atomic E-state index is 11.8. The Labute approximate surface area is 105 Å². The molecule has 1 aromatic rings. The van der Waals surface area contributed by atoms with Gasteiger partial charge in [-0.2, -0.15) is 18.7 Å². The van der Waals surface area contributed by atoms with Crippen LogP contribution in [-0.4, -0.2) is 19.9 Å². The van der Waals surface area contributed by atoms with Gasteiger partial charge in [0.25, 0.3) is 0 Å². The summed E-state index contributed by atoms with van der Waals surface area (Å²) in [5.74, 6) is 0.580. The van der Waals surface area contributed by atoms with E-state index in [1.54, 1.807) is 18.2 Å². The molecular weight excluding hydrogens is 303 g/mol. The summed E-state index contributed by atoms with van der Waals surface area (Å²) < 4.78 is 41.3. The van der Waals surface area contributed by atoms with E-state index in [9.17, 15) is 13.2 Å². The summed E-state index contributed by atoms with van der Waals surface area (Å²) in [7, 11) is 1.49. The molecule has 3 nitrogen and oxygen atoms in total. The van der Waals surface area contributed by atoms with Gasteiger partial charge in [-0.05, 0) is 18.2 Å². The molecule has 0 atom stereocenters. The van der Waals surface area contributed by atoms with Crippen molar-refractivity contribution in [2.24, 2.45) is 0 Å². The van der Waals surface area contributed by atoms with Crippen molar-refractivity contribution in [3.8, 4) is 5.75 Å². The first kappa shape index (κ1) is 14.3. The van der Waals surface area contributed by atoms with E-state index in [1.165, 1.54) is 7.11 Å². The Morgan fingerprint density at radius 1 is 1.35 bits per heavy atom. The zero-order valence-electron chi connectivity index (χ0n) is 8.97. The van der Waals surface area contributed by atoms with E-state index in [0.717, 1.165) is 4.47 Å². The van der Waals surface area contributed by atoms with Crippen molar-refractivity contribution < 1.29 is 22.7 Å². The number of alkyl halides is 3. The van der Waals surface area contributed by atoms with Crippen LogP contribution in [0.4, 0.5) is 13.2 Å². The highest BCUT2D eigenvalue weighted by atomic mass is 79.9. The van der Waals surface area contributed by atoms with Gasteiger partial charge in [0.2, 0.25) is 0 Å². The van der Waals surface area contributed by atoms with E-state index in [1.807, 2.05) is 0 Å². The average molecular weight is 314 g/mol. The largest absolute Gasteiger partial charge is 0.496 e. The summed E-state index contributed by atoms with van der Waals surface area (Å²) in [6, 6.07) is 5.23. The third-order valence-electron chi connectivity index (χ3n) is 1.84. The van der Waals surface area contributed by atoms with Crippen molar-refractivity contribution in [1.82, 2.24) is 5.48 Å². The molecule has 0 saturated carbocycles. The van der Waals surface area contributed by atoms with E-state index >= 15 is 0 Å². The lowest BCUT2D eigenvalue weighted by molar-refractivity contribution is -0.190. The summed E-state index contributed by atoms with van der Waals surface area (Å²) >= 11 is 3.26. The molecule has 7 heteroatoms. The maximum atomic E-state index is 11.8. The topological polar surface area (TPSA) is 30.5 Å². The fraction of sp³-hybridized carbons (Fsp3) is 0.400. The van der Waals surface area contributed by atoms with Gasteiger partial charge in [0.05, 0.1) is 7.11 Å². The number of ether oxygens (including phenoxy) is 1. The second-order valence-corrected chi connectivity index (χ2v) is 4.10. The van der Waals surface area contributed by atoms with Gasteiger partial charge in [-0.3, -0.25) is 4.84 Å². The molecular formula is C10H11BrF3NO2. The molecule has 0 aliphatic rings. The van der Waals surface area contributed by atoms with Crippen LogP contribution in [0, 0.1) is 0 Å². The Morgan fingerprint density at radius 2 is 2.06 bits per heavy atom. The lowest BCUT2D eigenvalue weighted by Crippen LogP contribution is -2.24. The van der Waals surface area contributed by atoms with Gasteiger partial charge in [-0.15, -0.1) is 0 Å². The summed E-state index contributed by atoms with van der Waals surface area (Å²) in [4.78, 5) is 4.30. The minimum atomic E-state index is -4.34. The monoisotopic (exact) mass is 313 g/mol. The van der Waals surface area contributed by atoms with E-state index in [4.69, 9.17) is 4.74 Å². The highest BCUT2D eigenvalue weighted by Crippen LogP contribution is 2.22. The molecule has 0 radical (unpaired) electrons. The Bertz CT molecular complexity index is 371. The van der Waals surface area contributed by atoms with Crippen molar-refractivity contribution in [2.75, 3.05) is 13.7 Å². The number of hydroxylamine groups is 1. The fourth-order valence-electron chi connectivity index (χ4n) is 1.15. The Morgan fingerprint density at radius 3 is 2.65 bits per heavy atom. The van der Waals surface area contributed by atoms with Gasteiger partial charge in [0.1, 0.15) is 5.75 Å². The Balaban J connectivity index is 2.48. The summed E-state index contributed by atoms with van der Waals surface area (Å²) in [6.07, 6.45) is -4.34. The van der Waals surface area contributed by atoms with Crippen molar-refractivity contribution in [3.63, 3.8) is 0 Å². The normalized spacial score (nSPS) is 11.6. The van der Waals surface area contributed by atoms with Crippen molar-refractivity contribution in [2.45, 2.75) is 12.7 Å². The first-order chi connectivity index (χ1) is 7.92. The first-order valence-electron chi connectivity index (χ1n) is 4.66. The zero-order chi connectivity index (χ0) is 12.9. The highest BCUT2D eigenvalue weighted by Gasteiger charge is 2.27. The predicted octanol–water partition coefficient (Wildman–Crippen LogP) is 3.04. The number of hydrogen-bond acceptors (Lipinski definition) is 3. The van der Waals surface area contributed by atoms with Gasteiger partial charge in [0.15, 0.2) is 6.61 Å². The van der Waals surface area contributed by atoms with Crippen LogP contribution in [-0.2, 0) is 11.4 Å². The van der Waals surface area contributed by atoms with E-state index in [0.29, 0.717) is 11.3 Å². The van der Waals surface area contributed by atoms with Gasteiger partial charge >= 0.3 is 6.18 Å². The molecule has 0 amide bonds. The Kier molecular flexibility index (Phi) is 5.23. The van der Waals surface area contributed by atoms with Crippen LogP contribution in [0.25, 0.3) is 0 Å². The van der Waals surface area contributed by atoms with Crippen LogP contribution < -0.4 is 10.2 Å². The summed E-state index contributed by atoms with van der Waals surface area (Å²) in [6.45, 7) is -1.21. The quantitative estimate of drug-likeness (QED) is 0.669. The molecule has 0 aliphatic carbocycles. The molecule has 0 bridgehead atoms. The molecule has 1 rings (SSSR count). The number of nitrogens with one attached hydrogen (secondary N) is 1. The molecule has 0 fully saturated rings. The zero-order valence-corrected chi connectivity index (χ0v) is 10.6. The smallest absolute Gasteiger partial charge is 0.413 e. The maximum Gasteiger partial charge on any atom is 0.413 e. The number of methoxy groups -OCH3 is 1. The van der Waals surface area contributed by atoms with Crippen molar-refractivity contribution >= 4 is 15.9 Å². The van der Waals surface area contributed by atoms with Crippen LogP contribution in [0.15, 0.2) is 22.7 Å². The van der Waals surface area contributed by atoms with Crippen LogP contribution >= 0.6 is 15.9 Å². The third-order valence-corrected chi connectivity index (χ3v) is 2.34. The van der Waals surface area contributed by atoms with Gasteiger partial charge < -0.3 is 4.74 Å². The molecule has 1 aromatic carbocycles. The van der Waals surface area contributed by atoms with Crippen LogP contribution in [0.5, 0.6) is 5.75 Å². The first-order valence-corrected chi connectivity index (χ1v) is 5.45. The van der Waals surface area contributed by atoms with E-state index in [2.05, 4.69) is 26.2 Å². The molecule has 0 spiro atoms. The van der Waals surface area contributed by atoms with Gasteiger partial charge in [-0.1, -0.05) is 15.9 Å². The lowest BCUT2D eigenvalue weighted by Gasteiger charge is -2.11. The van der Waals surface area contributed by atoms with Crippen LogP contribution in [0.1, 0.15) is 5.56 Å². The summed E-state index contributed by atoms with van der Waals surface area (Å²) in [5, 5.41) is 0. The van der Waals surface area contributed by atoms with Crippen molar-refractivity contribution in [1.29, 1.82) is 0 Å². The number of halogens is 4. The minimum Gasteiger partial charge on any atom is -0.496 e. The van der Waals surface area contributed by atoms with E-state index < -0.39 is 12.8 Å². The number of hydrogen-bond donors (Lipinski definition) is 1. The van der Waals surface area contributed by atoms with Crippen LogP contribution in [0.2, 0.25) is 0 Å². The van der Waals surface area contributed by atoms with E-state index in [-0.39, 0.29) is 6.54 Å². The molecule has 0 aromatic heterocycles. The number of rotatable bonds is 5. The fourth-order valence-corrected chi connectivity index (χ4v) is 1.56. The SMILES string of the molecule is COc1ccc(Br)cc1CNOCC(F)(F)F. The van der Waals surface area contributed by atoms with Gasteiger partial charge in [0, 0.05) is 16.6 Å². The Hall–Kier alpha value is -0.790. The molecule has 0 aliphatic heterocycles. The molecule has 1 N–H and O–H groups in total.